The van der Waals surface area contributed by atoms with Gasteiger partial charge >= 0.3 is 17.1 Å². The number of anilines is 1. The van der Waals surface area contributed by atoms with Crippen LogP contribution in [0, 0.1) is 63.5 Å². The van der Waals surface area contributed by atoms with E-state index >= 15 is 0 Å². The summed E-state index contributed by atoms with van der Waals surface area (Å²) in [5.74, 6) is 1.39. The van der Waals surface area contributed by atoms with Gasteiger partial charge in [0.05, 0.1) is 12.1 Å². The van der Waals surface area contributed by atoms with E-state index in [1.54, 1.807) is 6.20 Å². The molecule has 2 N–H and O–H groups in total. The van der Waals surface area contributed by atoms with Gasteiger partial charge < -0.3 is 10.6 Å². The minimum absolute atomic E-state index is 0. The van der Waals surface area contributed by atoms with E-state index in [-0.39, 0.29) is 17.1 Å². The Kier molecular flexibility index (Phi) is 6.52. The Labute approximate surface area is 137 Å². The molecular formula is C16H14FeN4+2. The first kappa shape index (κ1) is 16.3. The molecule has 2 aliphatic rings. The first-order valence-electron chi connectivity index (χ1n) is 6.37. The fraction of sp³-hybridized carbons (Fsp3) is 0. The quantitative estimate of drug-likeness (QED) is 0.510. The third-order valence-corrected chi connectivity index (χ3v) is 2.72. The number of hydrogen-bond donors (Lipinski definition) is 2. The zero-order valence-corrected chi connectivity index (χ0v) is 12.3. The second kappa shape index (κ2) is 8.40. The molecule has 21 heavy (non-hydrogen) atoms. The number of pyridine rings is 1. The minimum Gasteiger partial charge on any atom is -0.348 e. The van der Waals surface area contributed by atoms with Crippen molar-refractivity contribution in [3.05, 3.63) is 87.8 Å². The second-order valence-electron chi connectivity index (χ2n) is 4.24. The fourth-order valence-corrected chi connectivity index (χ4v) is 1.81. The van der Waals surface area contributed by atoms with Crippen LogP contribution < -0.4 is 10.6 Å². The van der Waals surface area contributed by atoms with Crippen molar-refractivity contribution in [2.45, 2.75) is 0 Å². The Morgan fingerprint density at radius 2 is 1.62 bits per heavy atom. The summed E-state index contributed by atoms with van der Waals surface area (Å²) in [6.07, 6.45) is 17.5. The molecular weight excluding hydrogens is 304 g/mol. The van der Waals surface area contributed by atoms with Gasteiger partial charge in [-0.15, -0.1) is 0 Å². The normalized spacial score (nSPS) is 20.3. The van der Waals surface area contributed by atoms with Crippen molar-refractivity contribution < 1.29 is 17.1 Å². The van der Waals surface area contributed by atoms with Gasteiger partial charge in [-0.2, -0.15) is 0 Å². The van der Waals surface area contributed by atoms with Gasteiger partial charge in [-0.05, 0) is 63.5 Å². The van der Waals surface area contributed by atoms with Crippen LogP contribution in [-0.4, -0.2) is 10.9 Å². The maximum absolute atomic E-state index is 4.54. The van der Waals surface area contributed by atoms with E-state index in [2.05, 4.69) is 20.6 Å². The summed E-state index contributed by atoms with van der Waals surface area (Å²) in [7, 11) is 0. The van der Waals surface area contributed by atoms with Crippen molar-refractivity contribution in [1.29, 1.82) is 0 Å². The molecule has 1 heterocycles. The van der Waals surface area contributed by atoms with E-state index in [0.29, 0.717) is 5.96 Å². The molecule has 2 fully saturated rings. The molecule has 0 spiro atoms. The van der Waals surface area contributed by atoms with E-state index in [0.717, 1.165) is 17.9 Å². The van der Waals surface area contributed by atoms with Crippen LogP contribution in [0.4, 0.5) is 5.82 Å². The molecule has 0 aromatic carbocycles. The van der Waals surface area contributed by atoms with Gasteiger partial charge in [0.15, 0.2) is 5.96 Å². The van der Waals surface area contributed by atoms with E-state index in [1.807, 2.05) is 69.6 Å². The van der Waals surface area contributed by atoms with Crippen molar-refractivity contribution >= 4 is 11.8 Å². The first-order chi connectivity index (χ1) is 9.90. The van der Waals surface area contributed by atoms with Crippen LogP contribution in [0.15, 0.2) is 29.4 Å². The van der Waals surface area contributed by atoms with Crippen molar-refractivity contribution in [1.82, 2.24) is 10.3 Å². The number of nitrogens with one attached hydrogen (secondary N) is 2. The van der Waals surface area contributed by atoms with Crippen molar-refractivity contribution in [2.75, 3.05) is 5.32 Å². The van der Waals surface area contributed by atoms with Crippen LogP contribution in [0.3, 0.4) is 0 Å². The van der Waals surface area contributed by atoms with Gasteiger partial charge in [-0.3, -0.25) is 0 Å². The predicted molar refractivity (Wildman–Crippen MR) is 79.3 cm³/mol. The van der Waals surface area contributed by atoms with E-state index in [4.69, 9.17) is 0 Å². The first-order valence-corrected chi connectivity index (χ1v) is 6.37. The molecule has 0 unspecified atom stereocenters. The molecule has 0 amide bonds. The predicted octanol–water partition coefficient (Wildman–Crippen LogP) is 2.16. The maximum atomic E-state index is 4.54. The molecule has 0 aliphatic heterocycles. The number of rotatable bonds is 3. The molecule has 10 radical (unpaired) electrons. The van der Waals surface area contributed by atoms with Crippen molar-refractivity contribution in [3.8, 4) is 0 Å². The van der Waals surface area contributed by atoms with Crippen LogP contribution >= 0.6 is 0 Å². The van der Waals surface area contributed by atoms with Gasteiger partial charge in [-0.25, -0.2) is 9.98 Å². The monoisotopic (exact) mass is 318 g/mol. The van der Waals surface area contributed by atoms with Gasteiger partial charge in [-0.1, -0.05) is 6.07 Å². The standard InChI is InChI=1S/C16H14N4.Fe/c1-2-8-13(7-1)18-16(19-14-9-3-4-10-14)20-15-11-5-6-12-17-15;/h1-12H,(H2,17,18,19,20);/q;+2. The number of nitrogens with zero attached hydrogens (tertiary/aromatic N) is 2. The molecule has 0 atom stereocenters. The van der Waals surface area contributed by atoms with E-state index in [1.165, 1.54) is 0 Å². The van der Waals surface area contributed by atoms with Gasteiger partial charge in [0.1, 0.15) is 5.82 Å². The molecule has 0 saturated heterocycles. The van der Waals surface area contributed by atoms with Gasteiger partial charge in [0.2, 0.25) is 0 Å². The third-order valence-electron chi connectivity index (χ3n) is 2.72. The Balaban J connectivity index is 0.00000161. The molecule has 3 rings (SSSR count). The smallest absolute Gasteiger partial charge is 0.348 e. The van der Waals surface area contributed by atoms with Crippen LogP contribution in [0.1, 0.15) is 0 Å². The molecule has 1 aromatic rings. The topological polar surface area (TPSA) is 49.3 Å². The van der Waals surface area contributed by atoms with Crippen LogP contribution in [0.25, 0.3) is 0 Å². The molecule has 2 saturated carbocycles. The summed E-state index contributed by atoms with van der Waals surface area (Å²) in [4.78, 5) is 8.79. The Morgan fingerprint density at radius 1 is 0.905 bits per heavy atom. The van der Waals surface area contributed by atoms with E-state index < -0.39 is 0 Å². The SMILES string of the molecule is [CH]1[CH][CH][C](N=C(N[C]2[CH][CH][CH][CH]2)Nc2ccccn2)[CH]1.[Fe+2]. The zero-order valence-electron chi connectivity index (χ0n) is 11.2. The summed E-state index contributed by atoms with van der Waals surface area (Å²) < 4.78 is 0. The average Bonchev–Trinajstić information content (AvgIpc) is 3.13. The van der Waals surface area contributed by atoms with Crippen LogP contribution in [0.2, 0.25) is 0 Å². The Morgan fingerprint density at radius 3 is 2.29 bits per heavy atom. The van der Waals surface area contributed by atoms with Crippen molar-refractivity contribution in [2.24, 2.45) is 4.99 Å². The summed E-state index contributed by atoms with van der Waals surface area (Å²) >= 11 is 0. The minimum atomic E-state index is 0. The average molecular weight is 318 g/mol. The van der Waals surface area contributed by atoms with Crippen LogP contribution in [-0.2, 0) is 17.1 Å². The van der Waals surface area contributed by atoms with E-state index in [9.17, 15) is 0 Å². The summed E-state index contributed by atoms with van der Waals surface area (Å²) in [5.41, 5.74) is 0. The molecule has 4 nitrogen and oxygen atoms in total. The maximum Gasteiger partial charge on any atom is 2.00 e. The summed E-state index contributed by atoms with van der Waals surface area (Å²) in [5, 5.41) is 6.43. The summed E-state index contributed by atoms with van der Waals surface area (Å²) in [6, 6.07) is 7.58. The Bertz CT molecular complexity index is 437. The Hall–Kier alpha value is -1.06. The molecule has 1 aromatic heterocycles. The van der Waals surface area contributed by atoms with Gasteiger partial charge in [0, 0.05) is 6.20 Å². The number of hydrogen-bond acceptors (Lipinski definition) is 2. The molecule has 2 aliphatic carbocycles. The summed E-state index contributed by atoms with van der Waals surface area (Å²) in [6.45, 7) is 0. The zero-order chi connectivity index (χ0) is 13.6. The van der Waals surface area contributed by atoms with Crippen molar-refractivity contribution in [3.63, 3.8) is 0 Å². The fourth-order valence-electron chi connectivity index (χ4n) is 1.81. The molecule has 0 bridgehead atoms. The van der Waals surface area contributed by atoms with Gasteiger partial charge in [0.25, 0.3) is 0 Å². The molecule has 104 valence electrons. The number of aliphatic imine (C=N–C) groups is 1. The second-order valence-corrected chi connectivity index (χ2v) is 4.24. The third kappa shape index (κ3) is 5.01. The molecule has 5 heteroatoms. The number of guanidine groups is 1. The largest absolute Gasteiger partial charge is 2.00 e. The number of aromatic nitrogens is 1. The van der Waals surface area contributed by atoms with Crippen LogP contribution in [0.5, 0.6) is 0 Å².